The Balaban J connectivity index is 2.94. The standard InChI is InChI=1S/C14H20N4O3S2/c1-8(19)12(4-5-21-10(3)20)18(14(22)23)7-11-6-16-9(2)17-13(11)15/h6,12H,4-5,7H2,1-3H3,(H,22,23)(H2,15,16,17)/t12-/m1/s1. The van der Waals surface area contributed by atoms with Crippen molar-refractivity contribution in [2.45, 2.75) is 39.8 Å². The maximum atomic E-state index is 12.0. The molecule has 1 heterocycles. The van der Waals surface area contributed by atoms with Crippen molar-refractivity contribution in [1.29, 1.82) is 0 Å². The molecule has 9 heteroatoms. The van der Waals surface area contributed by atoms with E-state index in [9.17, 15) is 9.59 Å². The maximum absolute atomic E-state index is 12.0. The highest BCUT2D eigenvalue weighted by Crippen LogP contribution is 2.17. The van der Waals surface area contributed by atoms with Crippen LogP contribution >= 0.6 is 24.8 Å². The number of aryl methyl sites for hydroxylation is 1. The van der Waals surface area contributed by atoms with Crippen molar-refractivity contribution in [3.63, 3.8) is 0 Å². The van der Waals surface area contributed by atoms with E-state index in [1.54, 1.807) is 18.0 Å². The van der Waals surface area contributed by atoms with E-state index in [0.29, 0.717) is 23.6 Å². The minimum Gasteiger partial charge on any atom is -0.466 e. The number of hydrogen-bond acceptors (Lipinski definition) is 7. The number of thiocarbonyl (C=S) groups is 1. The lowest BCUT2D eigenvalue weighted by molar-refractivity contribution is -0.142. The lowest BCUT2D eigenvalue weighted by atomic mass is 10.1. The fourth-order valence-electron chi connectivity index (χ4n) is 2.02. The van der Waals surface area contributed by atoms with Crippen LogP contribution in [0, 0.1) is 6.92 Å². The van der Waals surface area contributed by atoms with E-state index < -0.39 is 12.0 Å². The summed E-state index contributed by atoms with van der Waals surface area (Å²) in [5, 5.41) is 0. The number of aromatic nitrogens is 2. The van der Waals surface area contributed by atoms with E-state index in [-0.39, 0.29) is 23.3 Å². The summed E-state index contributed by atoms with van der Waals surface area (Å²) in [5.74, 6) is 0.377. The molecule has 2 N–H and O–H groups in total. The van der Waals surface area contributed by atoms with Crippen molar-refractivity contribution in [3.8, 4) is 0 Å². The lowest BCUT2D eigenvalue weighted by Crippen LogP contribution is -2.42. The van der Waals surface area contributed by atoms with Crippen molar-refractivity contribution < 1.29 is 14.3 Å². The van der Waals surface area contributed by atoms with Crippen LogP contribution in [0.1, 0.15) is 31.7 Å². The van der Waals surface area contributed by atoms with Crippen LogP contribution in [0.3, 0.4) is 0 Å². The number of thiol groups is 1. The first-order valence-electron chi connectivity index (χ1n) is 6.93. The number of ether oxygens (including phenoxy) is 1. The Morgan fingerprint density at radius 2 is 2.13 bits per heavy atom. The zero-order chi connectivity index (χ0) is 17.6. The van der Waals surface area contributed by atoms with Crippen LogP contribution in [-0.2, 0) is 20.9 Å². The molecule has 1 aromatic rings. The molecular weight excluding hydrogens is 336 g/mol. The fourth-order valence-corrected chi connectivity index (χ4v) is 2.42. The first-order valence-corrected chi connectivity index (χ1v) is 7.79. The Hall–Kier alpha value is -1.74. The van der Waals surface area contributed by atoms with Gasteiger partial charge in [0.05, 0.1) is 19.2 Å². The summed E-state index contributed by atoms with van der Waals surface area (Å²) in [5.41, 5.74) is 6.53. The molecule has 0 amide bonds. The minimum absolute atomic E-state index is 0.111. The highest BCUT2D eigenvalue weighted by molar-refractivity contribution is 8.10. The summed E-state index contributed by atoms with van der Waals surface area (Å²) in [4.78, 5) is 32.6. The smallest absolute Gasteiger partial charge is 0.302 e. The van der Waals surface area contributed by atoms with Crippen LogP contribution in [0.4, 0.5) is 5.82 Å². The number of carbonyl (C=O) groups is 2. The van der Waals surface area contributed by atoms with Crippen molar-refractivity contribution in [2.24, 2.45) is 0 Å². The maximum Gasteiger partial charge on any atom is 0.302 e. The largest absolute Gasteiger partial charge is 0.466 e. The molecule has 0 radical (unpaired) electrons. The summed E-state index contributed by atoms with van der Waals surface area (Å²) in [6.07, 6.45) is 1.90. The number of nitrogens with two attached hydrogens (primary N) is 1. The van der Waals surface area contributed by atoms with Crippen LogP contribution < -0.4 is 5.73 Å². The van der Waals surface area contributed by atoms with Gasteiger partial charge in [0.2, 0.25) is 0 Å². The molecule has 0 bridgehead atoms. The van der Waals surface area contributed by atoms with Gasteiger partial charge in [-0.25, -0.2) is 9.97 Å². The monoisotopic (exact) mass is 356 g/mol. The molecule has 0 fully saturated rings. The SMILES string of the molecule is CC(=O)OCC[C@H](C(C)=O)N(Cc1cnc(C)nc1N)C(=S)S. The first kappa shape index (κ1) is 19.3. The van der Waals surface area contributed by atoms with Gasteiger partial charge in [-0.2, -0.15) is 0 Å². The number of Topliss-reactive ketones (excluding diaryl/α,β-unsaturated/α-hetero) is 1. The van der Waals surface area contributed by atoms with Crippen molar-refractivity contribution in [1.82, 2.24) is 14.9 Å². The second-order valence-electron chi connectivity index (χ2n) is 4.99. The molecule has 1 rings (SSSR count). The summed E-state index contributed by atoms with van der Waals surface area (Å²) in [7, 11) is 0. The van der Waals surface area contributed by atoms with Gasteiger partial charge < -0.3 is 15.4 Å². The molecule has 0 unspecified atom stereocenters. The first-order chi connectivity index (χ1) is 10.7. The number of carbonyl (C=O) groups excluding carboxylic acids is 2. The average Bonchev–Trinajstić information content (AvgIpc) is 2.42. The van der Waals surface area contributed by atoms with Crippen molar-refractivity contribution >= 4 is 46.7 Å². The number of ketones is 1. The molecule has 126 valence electrons. The lowest BCUT2D eigenvalue weighted by Gasteiger charge is -2.30. The van der Waals surface area contributed by atoms with Crippen LogP contribution in [0.2, 0.25) is 0 Å². The van der Waals surface area contributed by atoms with E-state index in [4.69, 9.17) is 22.7 Å². The van der Waals surface area contributed by atoms with Gasteiger partial charge in [-0.05, 0) is 13.8 Å². The quantitative estimate of drug-likeness (QED) is 0.428. The Bertz CT molecular complexity index is 610. The Morgan fingerprint density at radius 3 is 2.61 bits per heavy atom. The molecule has 0 aliphatic carbocycles. The Labute approximate surface area is 146 Å². The third-order valence-corrected chi connectivity index (χ3v) is 3.64. The normalized spacial score (nSPS) is 11.7. The number of anilines is 1. The van der Waals surface area contributed by atoms with Gasteiger partial charge in [0, 0.05) is 25.1 Å². The molecule has 0 saturated heterocycles. The van der Waals surface area contributed by atoms with Crippen molar-refractivity contribution in [3.05, 3.63) is 17.6 Å². The second-order valence-corrected chi connectivity index (χ2v) is 6.11. The van der Waals surface area contributed by atoms with Gasteiger partial charge >= 0.3 is 5.97 Å². The number of nitrogen functional groups attached to an aromatic ring is 1. The van der Waals surface area contributed by atoms with Gasteiger partial charge in [0.1, 0.15) is 16.0 Å². The van der Waals surface area contributed by atoms with Crippen LogP contribution in [-0.4, -0.2) is 43.6 Å². The molecule has 1 atom stereocenters. The van der Waals surface area contributed by atoms with Gasteiger partial charge in [-0.15, -0.1) is 12.6 Å². The molecule has 0 aliphatic heterocycles. The number of esters is 1. The molecule has 0 saturated carbocycles. The van der Waals surface area contributed by atoms with E-state index in [0.717, 1.165) is 0 Å². The zero-order valence-electron chi connectivity index (χ0n) is 13.3. The highest BCUT2D eigenvalue weighted by atomic mass is 32.1. The molecule has 0 aromatic carbocycles. The predicted molar refractivity (Wildman–Crippen MR) is 94.0 cm³/mol. The second kappa shape index (κ2) is 8.78. The molecular formula is C14H20N4O3S2. The average molecular weight is 356 g/mol. The Kier molecular flexibility index (Phi) is 7.37. The topological polar surface area (TPSA) is 98.4 Å². The third kappa shape index (κ3) is 6.11. The molecule has 7 nitrogen and oxygen atoms in total. The minimum atomic E-state index is -0.569. The number of hydrogen-bond donors (Lipinski definition) is 2. The number of rotatable bonds is 7. The van der Waals surface area contributed by atoms with E-state index in [1.165, 1.54) is 13.8 Å². The zero-order valence-corrected chi connectivity index (χ0v) is 15.0. The molecule has 0 spiro atoms. The van der Waals surface area contributed by atoms with Gasteiger partial charge in [0.25, 0.3) is 0 Å². The molecule has 1 aromatic heterocycles. The summed E-state index contributed by atoms with van der Waals surface area (Å²) >= 11 is 9.32. The van der Waals surface area contributed by atoms with Crippen molar-refractivity contribution in [2.75, 3.05) is 12.3 Å². The van der Waals surface area contributed by atoms with E-state index in [2.05, 4.69) is 22.6 Å². The van der Waals surface area contributed by atoms with Gasteiger partial charge in [-0.3, -0.25) is 9.59 Å². The summed E-state index contributed by atoms with van der Waals surface area (Å²) in [6.45, 7) is 4.87. The number of nitrogens with zero attached hydrogens (tertiary/aromatic N) is 3. The summed E-state index contributed by atoms with van der Waals surface area (Å²) < 4.78 is 5.15. The Morgan fingerprint density at radius 1 is 1.48 bits per heavy atom. The fraction of sp³-hybridized carbons (Fsp3) is 0.500. The third-order valence-electron chi connectivity index (χ3n) is 3.15. The van der Waals surface area contributed by atoms with E-state index in [1.807, 2.05) is 0 Å². The summed E-state index contributed by atoms with van der Waals surface area (Å²) in [6, 6.07) is -0.569. The van der Waals surface area contributed by atoms with Crippen LogP contribution in [0.25, 0.3) is 0 Å². The molecule has 0 aliphatic rings. The predicted octanol–water partition coefficient (Wildman–Crippen LogP) is 1.29. The van der Waals surface area contributed by atoms with E-state index >= 15 is 0 Å². The highest BCUT2D eigenvalue weighted by Gasteiger charge is 2.25. The van der Waals surface area contributed by atoms with Crippen LogP contribution in [0.15, 0.2) is 6.20 Å². The van der Waals surface area contributed by atoms with Gasteiger partial charge in [-0.1, -0.05) is 12.2 Å². The van der Waals surface area contributed by atoms with Crippen LogP contribution in [0.5, 0.6) is 0 Å². The molecule has 23 heavy (non-hydrogen) atoms. The van der Waals surface area contributed by atoms with Gasteiger partial charge in [0.15, 0.2) is 5.78 Å².